The molecule has 0 fully saturated rings. The van der Waals surface area contributed by atoms with Crippen molar-refractivity contribution in [3.05, 3.63) is 16.1 Å². The molecule has 0 aliphatic carbocycles. The summed E-state index contributed by atoms with van der Waals surface area (Å²) in [6.07, 6.45) is 0.206. The standard InChI is InChI=1S/C14H26N2OS/c1-13(2,3)10-9-18-12(15-10)8-11(17)14(4,5)16(6)7/h9,11,17H,8H2,1-7H3. The molecular weight excluding hydrogens is 244 g/mol. The normalized spacial score (nSPS) is 15.2. The van der Waals surface area contributed by atoms with Gasteiger partial charge in [0.2, 0.25) is 0 Å². The Bertz CT molecular complexity index is 391. The number of aliphatic hydroxyl groups excluding tert-OH is 1. The van der Waals surface area contributed by atoms with Crippen LogP contribution in [0.3, 0.4) is 0 Å². The zero-order chi connectivity index (χ0) is 14.1. The summed E-state index contributed by atoms with van der Waals surface area (Å²) in [7, 11) is 3.98. The van der Waals surface area contributed by atoms with Gasteiger partial charge >= 0.3 is 0 Å². The van der Waals surface area contributed by atoms with Crippen LogP contribution in [0.25, 0.3) is 0 Å². The first-order chi connectivity index (χ1) is 8.05. The maximum atomic E-state index is 10.3. The van der Waals surface area contributed by atoms with Gasteiger partial charge in [-0.15, -0.1) is 11.3 Å². The lowest BCUT2D eigenvalue weighted by molar-refractivity contribution is 0.0182. The van der Waals surface area contributed by atoms with Crippen LogP contribution in [-0.2, 0) is 11.8 Å². The van der Waals surface area contributed by atoms with Gasteiger partial charge in [0.1, 0.15) is 0 Å². The zero-order valence-electron chi connectivity index (χ0n) is 12.6. The summed E-state index contributed by atoms with van der Waals surface area (Å²) in [4.78, 5) is 6.69. The van der Waals surface area contributed by atoms with E-state index in [9.17, 15) is 5.11 Å². The molecule has 1 aromatic rings. The molecule has 4 heteroatoms. The number of thiazole rings is 1. The minimum absolute atomic E-state index is 0.0801. The molecule has 0 aliphatic rings. The Hall–Kier alpha value is -0.450. The number of hydrogen-bond acceptors (Lipinski definition) is 4. The first-order valence-corrected chi connectivity index (χ1v) is 7.23. The van der Waals surface area contributed by atoms with Gasteiger partial charge in [-0.1, -0.05) is 20.8 Å². The van der Waals surface area contributed by atoms with Gasteiger partial charge in [0.05, 0.1) is 16.8 Å². The summed E-state index contributed by atoms with van der Waals surface area (Å²) in [6.45, 7) is 10.6. The van der Waals surface area contributed by atoms with Gasteiger partial charge in [-0.2, -0.15) is 0 Å². The summed E-state index contributed by atoms with van der Waals surface area (Å²) < 4.78 is 0. The van der Waals surface area contributed by atoms with Crippen molar-refractivity contribution in [2.24, 2.45) is 0 Å². The predicted octanol–water partition coefficient (Wildman–Crippen LogP) is 2.68. The van der Waals surface area contributed by atoms with E-state index >= 15 is 0 Å². The Kier molecular flexibility index (Phi) is 4.57. The Morgan fingerprint density at radius 1 is 1.28 bits per heavy atom. The zero-order valence-corrected chi connectivity index (χ0v) is 13.4. The van der Waals surface area contributed by atoms with E-state index < -0.39 is 6.10 Å². The molecule has 0 bridgehead atoms. The summed E-state index contributed by atoms with van der Waals surface area (Å²) in [5.74, 6) is 0. The van der Waals surface area contributed by atoms with Crippen molar-refractivity contribution in [3.8, 4) is 0 Å². The third-order valence-corrected chi connectivity index (χ3v) is 4.53. The van der Waals surface area contributed by atoms with Gasteiger partial charge in [0.15, 0.2) is 0 Å². The van der Waals surface area contributed by atoms with Gasteiger partial charge in [0, 0.05) is 22.8 Å². The van der Waals surface area contributed by atoms with Gasteiger partial charge in [-0.3, -0.25) is 0 Å². The first-order valence-electron chi connectivity index (χ1n) is 6.35. The Labute approximate surface area is 115 Å². The summed E-state index contributed by atoms with van der Waals surface area (Å²) in [5, 5.41) is 13.5. The first kappa shape index (κ1) is 15.6. The van der Waals surface area contributed by atoms with Crippen LogP contribution >= 0.6 is 11.3 Å². The lowest BCUT2D eigenvalue weighted by Crippen LogP contribution is -2.49. The van der Waals surface area contributed by atoms with Crippen LogP contribution in [0, 0.1) is 0 Å². The van der Waals surface area contributed by atoms with Crippen molar-refractivity contribution in [2.45, 2.75) is 58.1 Å². The Balaban J connectivity index is 2.77. The molecule has 1 heterocycles. The minimum Gasteiger partial charge on any atom is -0.391 e. The molecule has 0 amide bonds. The second kappa shape index (κ2) is 5.27. The summed E-state index contributed by atoms with van der Waals surface area (Å²) in [6, 6.07) is 0. The average Bonchev–Trinajstić information content (AvgIpc) is 2.65. The molecule has 0 saturated heterocycles. The molecule has 1 rings (SSSR count). The van der Waals surface area contributed by atoms with E-state index in [0.717, 1.165) is 10.7 Å². The summed E-state index contributed by atoms with van der Waals surface area (Å²) in [5.41, 5.74) is 0.946. The van der Waals surface area contributed by atoms with Crippen LogP contribution in [0.1, 0.15) is 45.3 Å². The Morgan fingerprint density at radius 2 is 1.83 bits per heavy atom. The number of hydrogen-bond donors (Lipinski definition) is 1. The SMILES string of the molecule is CN(C)C(C)(C)C(O)Cc1nc(C(C)(C)C)cs1. The van der Waals surface area contributed by atoms with Crippen molar-refractivity contribution < 1.29 is 5.11 Å². The number of aromatic nitrogens is 1. The highest BCUT2D eigenvalue weighted by molar-refractivity contribution is 7.09. The maximum absolute atomic E-state index is 10.3. The fraction of sp³-hybridized carbons (Fsp3) is 0.786. The molecule has 1 unspecified atom stereocenters. The van der Waals surface area contributed by atoms with E-state index in [4.69, 9.17) is 0 Å². The van der Waals surface area contributed by atoms with Gasteiger partial charge in [-0.05, 0) is 27.9 Å². The number of aliphatic hydroxyl groups is 1. The third kappa shape index (κ3) is 3.53. The number of rotatable bonds is 4. The van der Waals surface area contributed by atoms with E-state index in [1.54, 1.807) is 11.3 Å². The monoisotopic (exact) mass is 270 g/mol. The van der Waals surface area contributed by atoms with Crippen LogP contribution in [0.5, 0.6) is 0 Å². The van der Waals surface area contributed by atoms with E-state index in [-0.39, 0.29) is 11.0 Å². The molecule has 18 heavy (non-hydrogen) atoms. The second-order valence-electron chi connectivity index (χ2n) is 6.64. The minimum atomic E-state index is -0.411. The highest BCUT2D eigenvalue weighted by Gasteiger charge is 2.31. The van der Waals surface area contributed by atoms with Crippen molar-refractivity contribution in [3.63, 3.8) is 0 Å². The number of likely N-dealkylation sites (N-methyl/N-ethyl adjacent to an activating group) is 1. The molecule has 1 aromatic heterocycles. The molecule has 0 aromatic carbocycles. The smallest absolute Gasteiger partial charge is 0.0955 e. The molecule has 1 atom stereocenters. The third-order valence-electron chi connectivity index (χ3n) is 3.66. The van der Waals surface area contributed by atoms with Crippen molar-refractivity contribution in [1.82, 2.24) is 9.88 Å². The molecule has 0 saturated carbocycles. The van der Waals surface area contributed by atoms with E-state index in [1.165, 1.54) is 0 Å². The lowest BCUT2D eigenvalue weighted by atomic mass is 9.92. The van der Waals surface area contributed by atoms with Crippen molar-refractivity contribution in [2.75, 3.05) is 14.1 Å². The quantitative estimate of drug-likeness (QED) is 0.914. The van der Waals surface area contributed by atoms with E-state index in [2.05, 4.69) is 49.9 Å². The van der Waals surface area contributed by atoms with Crippen LogP contribution < -0.4 is 0 Å². The number of nitrogens with zero attached hydrogens (tertiary/aromatic N) is 2. The molecule has 0 spiro atoms. The van der Waals surface area contributed by atoms with Gasteiger partial charge in [-0.25, -0.2) is 4.98 Å². The molecule has 1 N–H and O–H groups in total. The fourth-order valence-corrected chi connectivity index (χ4v) is 2.52. The van der Waals surface area contributed by atoms with Crippen LogP contribution in [-0.4, -0.2) is 40.7 Å². The maximum Gasteiger partial charge on any atom is 0.0955 e. The average molecular weight is 270 g/mol. The van der Waals surface area contributed by atoms with Crippen LogP contribution in [0.15, 0.2) is 5.38 Å². The second-order valence-corrected chi connectivity index (χ2v) is 7.59. The predicted molar refractivity (Wildman–Crippen MR) is 78.3 cm³/mol. The van der Waals surface area contributed by atoms with Crippen LogP contribution in [0.4, 0.5) is 0 Å². The molecule has 0 radical (unpaired) electrons. The molecule has 3 nitrogen and oxygen atoms in total. The topological polar surface area (TPSA) is 36.4 Å². The van der Waals surface area contributed by atoms with Crippen molar-refractivity contribution in [1.29, 1.82) is 0 Å². The molecule has 104 valence electrons. The lowest BCUT2D eigenvalue weighted by Gasteiger charge is -2.36. The largest absolute Gasteiger partial charge is 0.391 e. The van der Waals surface area contributed by atoms with Gasteiger partial charge < -0.3 is 10.0 Å². The fourth-order valence-electron chi connectivity index (χ4n) is 1.46. The Morgan fingerprint density at radius 3 is 2.22 bits per heavy atom. The van der Waals surface area contributed by atoms with E-state index in [0.29, 0.717) is 6.42 Å². The summed E-state index contributed by atoms with van der Waals surface area (Å²) >= 11 is 1.64. The highest BCUT2D eigenvalue weighted by atomic mass is 32.1. The van der Waals surface area contributed by atoms with E-state index in [1.807, 2.05) is 14.1 Å². The highest BCUT2D eigenvalue weighted by Crippen LogP contribution is 2.26. The molecular formula is C14H26N2OS. The van der Waals surface area contributed by atoms with Crippen molar-refractivity contribution >= 4 is 11.3 Å². The molecule has 0 aliphatic heterocycles. The van der Waals surface area contributed by atoms with Crippen LogP contribution in [0.2, 0.25) is 0 Å². The van der Waals surface area contributed by atoms with Gasteiger partial charge in [0.25, 0.3) is 0 Å².